The number of ether oxygens (including phenoxy) is 1. The highest BCUT2D eigenvalue weighted by Crippen LogP contribution is 2.31. The van der Waals surface area contributed by atoms with Crippen molar-refractivity contribution >= 4 is 80.3 Å². The van der Waals surface area contributed by atoms with Gasteiger partial charge in [-0.15, -0.1) is 0 Å². The summed E-state index contributed by atoms with van der Waals surface area (Å²) in [5.74, 6) is -1.23. The lowest BCUT2D eigenvalue weighted by Gasteiger charge is -2.27. The minimum atomic E-state index is -0.884. The predicted octanol–water partition coefficient (Wildman–Crippen LogP) is 6.65. The molecule has 6 nitrogen and oxygen atoms in total. The summed E-state index contributed by atoms with van der Waals surface area (Å²) in [7, 11) is 0. The Bertz CT molecular complexity index is 1360. The first kappa shape index (κ1) is 24.3. The van der Waals surface area contributed by atoms with Gasteiger partial charge < -0.3 is 4.74 Å². The van der Waals surface area contributed by atoms with Gasteiger partial charge in [0.05, 0.1) is 20.8 Å². The van der Waals surface area contributed by atoms with Gasteiger partial charge in [0.2, 0.25) is 0 Å². The van der Waals surface area contributed by atoms with Gasteiger partial charge >= 0.3 is 6.03 Å². The Morgan fingerprint density at radius 1 is 0.912 bits per heavy atom. The molecule has 4 rings (SSSR count). The number of benzene rings is 3. The minimum absolute atomic E-state index is 0.162. The van der Waals surface area contributed by atoms with Crippen LogP contribution in [0.4, 0.5) is 10.5 Å². The first-order chi connectivity index (χ1) is 16.2. The zero-order chi connectivity index (χ0) is 24.4. The molecule has 1 heterocycles. The van der Waals surface area contributed by atoms with E-state index < -0.39 is 17.8 Å². The quantitative estimate of drug-likeness (QED) is 0.271. The molecule has 3 aromatic carbocycles. The monoisotopic (exact) mass is 578 g/mol. The molecule has 0 radical (unpaired) electrons. The molecule has 0 saturated carbocycles. The maximum absolute atomic E-state index is 13.2. The molecule has 1 fully saturated rings. The van der Waals surface area contributed by atoms with Crippen LogP contribution in [0.5, 0.6) is 5.75 Å². The first-order valence-corrected chi connectivity index (χ1v) is 11.7. The fraction of sp³-hybridized carbons (Fsp3) is 0.0417. The third-order valence-corrected chi connectivity index (χ3v) is 6.40. The number of anilines is 1. The van der Waals surface area contributed by atoms with Crippen LogP contribution in [0.2, 0.25) is 15.1 Å². The highest BCUT2D eigenvalue weighted by Gasteiger charge is 2.37. The molecule has 1 aliphatic rings. The van der Waals surface area contributed by atoms with E-state index in [2.05, 4.69) is 21.2 Å². The molecule has 0 atom stereocenters. The summed E-state index contributed by atoms with van der Waals surface area (Å²) < 4.78 is 6.62. The number of halogens is 4. The van der Waals surface area contributed by atoms with E-state index in [1.165, 1.54) is 12.1 Å². The molecular weight excluding hydrogens is 567 g/mol. The lowest BCUT2D eigenvalue weighted by atomic mass is 10.1. The number of nitrogens with zero attached hydrogens (tertiary/aromatic N) is 1. The van der Waals surface area contributed by atoms with Gasteiger partial charge in [0.1, 0.15) is 17.9 Å². The van der Waals surface area contributed by atoms with Crippen molar-refractivity contribution in [1.82, 2.24) is 5.32 Å². The number of hydrogen-bond acceptors (Lipinski definition) is 4. The summed E-state index contributed by atoms with van der Waals surface area (Å²) in [6.45, 7) is 0.166. The molecule has 10 heteroatoms. The third kappa shape index (κ3) is 5.13. The molecule has 34 heavy (non-hydrogen) atoms. The summed E-state index contributed by atoms with van der Waals surface area (Å²) >= 11 is 21.6. The smallest absolute Gasteiger partial charge is 0.335 e. The molecule has 172 valence electrons. The molecule has 0 bridgehead atoms. The Kier molecular flexibility index (Phi) is 7.28. The molecule has 4 amide bonds. The molecule has 3 aromatic rings. The van der Waals surface area contributed by atoms with Gasteiger partial charge in [0.25, 0.3) is 11.8 Å². The van der Waals surface area contributed by atoms with Crippen LogP contribution in [0.15, 0.2) is 70.7 Å². The van der Waals surface area contributed by atoms with E-state index >= 15 is 0 Å². The fourth-order valence-electron chi connectivity index (χ4n) is 3.22. The van der Waals surface area contributed by atoms with Gasteiger partial charge in [-0.3, -0.25) is 14.9 Å². The normalized spacial score (nSPS) is 15.0. The number of rotatable bonds is 5. The van der Waals surface area contributed by atoms with E-state index in [0.717, 1.165) is 10.5 Å². The number of carbonyl (C=O) groups excluding carboxylic acids is 3. The second-order valence-corrected chi connectivity index (χ2v) is 9.27. The number of para-hydroxylation sites is 1. The van der Waals surface area contributed by atoms with Crippen LogP contribution < -0.4 is 15.0 Å². The van der Waals surface area contributed by atoms with Gasteiger partial charge in [0, 0.05) is 10.0 Å². The molecule has 1 N–H and O–H groups in total. The summed E-state index contributed by atoms with van der Waals surface area (Å²) in [6.07, 6.45) is 1.36. The van der Waals surface area contributed by atoms with Crippen LogP contribution in [-0.2, 0) is 16.2 Å². The Hall–Kier alpha value is -2.84. The molecular formula is C24H14BrCl3N2O4. The van der Waals surface area contributed by atoms with Gasteiger partial charge in [-0.25, -0.2) is 9.69 Å². The standard InChI is InChI=1S/C24H14BrCl3N2O4/c25-15-6-8-21(34-12-13-5-7-17(26)19(28)9-13)14(10-15)11-16-22(31)29-24(33)30(23(16)32)20-4-2-1-3-18(20)27/h1-11H,12H2,(H,29,31,33)/b16-11+. The Balaban J connectivity index is 1.68. The molecule has 0 aliphatic carbocycles. The fourth-order valence-corrected chi connectivity index (χ4v) is 4.14. The molecule has 1 aliphatic heterocycles. The van der Waals surface area contributed by atoms with E-state index in [4.69, 9.17) is 39.5 Å². The van der Waals surface area contributed by atoms with Crippen molar-refractivity contribution in [3.8, 4) is 5.75 Å². The number of urea groups is 1. The largest absolute Gasteiger partial charge is 0.488 e. The van der Waals surface area contributed by atoms with E-state index in [9.17, 15) is 14.4 Å². The van der Waals surface area contributed by atoms with Gasteiger partial charge in [-0.1, -0.05) is 68.9 Å². The number of imide groups is 2. The average Bonchev–Trinajstić information content (AvgIpc) is 2.79. The van der Waals surface area contributed by atoms with Crippen molar-refractivity contribution in [3.63, 3.8) is 0 Å². The van der Waals surface area contributed by atoms with Crippen molar-refractivity contribution in [2.75, 3.05) is 4.90 Å². The van der Waals surface area contributed by atoms with Crippen LogP contribution in [0.1, 0.15) is 11.1 Å². The van der Waals surface area contributed by atoms with Crippen LogP contribution in [0, 0.1) is 0 Å². The van der Waals surface area contributed by atoms with Crippen molar-refractivity contribution in [3.05, 3.63) is 96.9 Å². The number of barbiturate groups is 1. The number of nitrogens with one attached hydrogen (secondary N) is 1. The van der Waals surface area contributed by atoms with Crippen LogP contribution in [-0.4, -0.2) is 17.8 Å². The highest BCUT2D eigenvalue weighted by molar-refractivity contribution is 9.10. The summed E-state index contributed by atoms with van der Waals surface area (Å²) in [5, 5.41) is 3.20. The SMILES string of the molecule is O=C1NC(=O)N(c2ccccc2Cl)C(=O)/C1=C/c1cc(Br)ccc1OCc1ccc(Cl)c(Cl)c1. The minimum Gasteiger partial charge on any atom is -0.488 e. The molecule has 0 unspecified atom stereocenters. The maximum Gasteiger partial charge on any atom is 0.335 e. The van der Waals surface area contributed by atoms with Crippen LogP contribution in [0.3, 0.4) is 0 Å². The molecule has 0 spiro atoms. The Morgan fingerprint density at radius 3 is 2.41 bits per heavy atom. The lowest BCUT2D eigenvalue weighted by molar-refractivity contribution is -0.122. The zero-order valence-electron chi connectivity index (χ0n) is 17.2. The van der Waals surface area contributed by atoms with Gasteiger partial charge in [-0.2, -0.15) is 0 Å². The van der Waals surface area contributed by atoms with Crippen molar-refractivity contribution in [2.24, 2.45) is 0 Å². The summed E-state index contributed by atoms with van der Waals surface area (Å²) in [5.41, 5.74) is 1.13. The van der Waals surface area contributed by atoms with Crippen molar-refractivity contribution in [1.29, 1.82) is 0 Å². The Labute approximate surface area is 218 Å². The van der Waals surface area contributed by atoms with Crippen LogP contribution in [0.25, 0.3) is 6.08 Å². The van der Waals surface area contributed by atoms with Gasteiger partial charge in [-0.05, 0) is 54.1 Å². The summed E-state index contributed by atoms with van der Waals surface area (Å²) in [4.78, 5) is 39.0. The van der Waals surface area contributed by atoms with Crippen molar-refractivity contribution in [2.45, 2.75) is 6.61 Å². The predicted molar refractivity (Wildman–Crippen MR) is 135 cm³/mol. The van der Waals surface area contributed by atoms with E-state index in [0.29, 0.717) is 25.8 Å². The molecule has 1 saturated heterocycles. The van der Waals surface area contributed by atoms with Crippen LogP contribution >= 0.6 is 50.7 Å². The highest BCUT2D eigenvalue weighted by atomic mass is 79.9. The third-order valence-electron chi connectivity index (χ3n) is 4.85. The van der Waals surface area contributed by atoms with E-state index in [-0.39, 0.29) is 22.9 Å². The summed E-state index contributed by atoms with van der Waals surface area (Å²) in [6, 6.07) is 15.7. The molecule has 0 aromatic heterocycles. The van der Waals surface area contributed by atoms with Gasteiger partial charge in [0.15, 0.2) is 0 Å². The number of amides is 4. The van der Waals surface area contributed by atoms with Crippen molar-refractivity contribution < 1.29 is 19.1 Å². The topological polar surface area (TPSA) is 75.7 Å². The lowest BCUT2D eigenvalue weighted by Crippen LogP contribution is -2.54. The average molecular weight is 581 g/mol. The first-order valence-electron chi connectivity index (χ1n) is 9.77. The Morgan fingerprint density at radius 2 is 1.68 bits per heavy atom. The number of carbonyl (C=O) groups is 3. The van der Waals surface area contributed by atoms with E-state index in [1.54, 1.807) is 54.6 Å². The second kappa shape index (κ2) is 10.2. The number of hydrogen-bond donors (Lipinski definition) is 1. The zero-order valence-corrected chi connectivity index (χ0v) is 21.0. The van der Waals surface area contributed by atoms with E-state index in [1.807, 2.05) is 0 Å². The second-order valence-electron chi connectivity index (χ2n) is 7.13. The maximum atomic E-state index is 13.2.